The Morgan fingerprint density at radius 1 is 1.14 bits per heavy atom. The number of aromatic nitrogens is 1. The van der Waals surface area contributed by atoms with Crippen LogP contribution in [0.1, 0.15) is 37.8 Å². The maximum Gasteiger partial charge on any atom is 0.139 e. The normalized spacial score (nSPS) is 11.4. The van der Waals surface area contributed by atoms with E-state index in [1.165, 1.54) is 11.1 Å². The highest BCUT2D eigenvalue weighted by atomic mass is 15.0. The first-order valence-electron chi connectivity index (χ1n) is 7.89. The fourth-order valence-electron chi connectivity index (χ4n) is 2.53. The Morgan fingerprint density at radius 3 is 2.45 bits per heavy atom. The van der Waals surface area contributed by atoms with Gasteiger partial charge in [0, 0.05) is 30.2 Å². The predicted molar refractivity (Wildman–Crippen MR) is 96.8 cm³/mol. The molecule has 0 saturated heterocycles. The Kier molecular flexibility index (Phi) is 5.59. The van der Waals surface area contributed by atoms with Crippen molar-refractivity contribution in [1.29, 1.82) is 0 Å². The molecule has 3 heteroatoms. The second-order valence-electron chi connectivity index (χ2n) is 5.31. The van der Waals surface area contributed by atoms with Gasteiger partial charge in [0.2, 0.25) is 0 Å². The topological polar surface area (TPSA) is 37.0 Å². The summed E-state index contributed by atoms with van der Waals surface area (Å²) in [7, 11) is 1.95. The Labute approximate surface area is 133 Å². The van der Waals surface area contributed by atoms with Crippen LogP contribution in [-0.2, 0) is 0 Å². The lowest BCUT2D eigenvalue weighted by Crippen LogP contribution is -2.03. The van der Waals surface area contributed by atoms with Crippen LogP contribution in [0, 0.1) is 6.92 Å². The molecule has 0 aliphatic rings. The lowest BCUT2D eigenvalue weighted by atomic mass is 10.0. The second-order valence-corrected chi connectivity index (χ2v) is 5.31. The van der Waals surface area contributed by atoms with E-state index in [1.54, 1.807) is 0 Å². The van der Waals surface area contributed by atoms with Gasteiger partial charge in [-0.1, -0.05) is 37.6 Å². The zero-order valence-electron chi connectivity index (χ0n) is 13.9. The van der Waals surface area contributed by atoms with Crippen LogP contribution in [-0.4, -0.2) is 12.0 Å². The van der Waals surface area contributed by atoms with E-state index in [1.807, 2.05) is 19.3 Å². The van der Waals surface area contributed by atoms with Crippen LogP contribution in [0.2, 0.25) is 0 Å². The third kappa shape index (κ3) is 3.67. The van der Waals surface area contributed by atoms with Crippen LogP contribution in [0.15, 0.2) is 42.6 Å². The van der Waals surface area contributed by atoms with Gasteiger partial charge in [-0.3, -0.25) is 0 Å². The summed E-state index contributed by atoms with van der Waals surface area (Å²) in [6, 6.07) is 10.4. The first kappa shape index (κ1) is 16.1. The zero-order valence-corrected chi connectivity index (χ0v) is 13.9. The highest BCUT2D eigenvalue weighted by Gasteiger charge is 2.12. The van der Waals surface area contributed by atoms with Crippen molar-refractivity contribution in [2.24, 2.45) is 0 Å². The minimum Gasteiger partial charge on any atom is -0.387 e. The van der Waals surface area contributed by atoms with Crippen molar-refractivity contribution >= 4 is 22.8 Å². The Balaban J connectivity index is 2.46. The fourth-order valence-corrected chi connectivity index (χ4v) is 2.53. The molecule has 0 spiro atoms. The first-order valence-corrected chi connectivity index (χ1v) is 7.89. The van der Waals surface area contributed by atoms with Gasteiger partial charge in [0.15, 0.2) is 0 Å². The van der Waals surface area contributed by atoms with E-state index in [-0.39, 0.29) is 0 Å². The summed E-state index contributed by atoms with van der Waals surface area (Å²) >= 11 is 0. The van der Waals surface area contributed by atoms with Crippen molar-refractivity contribution < 1.29 is 0 Å². The molecule has 2 aromatic rings. The van der Waals surface area contributed by atoms with Crippen molar-refractivity contribution in [3.8, 4) is 0 Å². The summed E-state index contributed by atoms with van der Waals surface area (Å²) in [4.78, 5) is 4.56. The molecule has 0 aliphatic carbocycles. The summed E-state index contributed by atoms with van der Waals surface area (Å²) in [6.07, 6.45) is 6.12. The molecule has 1 aromatic heterocycles. The number of hydrogen-bond acceptors (Lipinski definition) is 3. The number of hydrogen-bond donors (Lipinski definition) is 2. The number of rotatable bonds is 6. The largest absolute Gasteiger partial charge is 0.387 e. The van der Waals surface area contributed by atoms with Crippen molar-refractivity contribution in [2.45, 2.75) is 33.6 Å². The summed E-state index contributed by atoms with van der Waals surface area (Å²) in [5.41, 5.74) is 5.89. The lowest BCUT2D eigenvalue weighted by Gasteiger charge is -2.17. The number of nitrogens with one attached hydrogen (secondary N) is 2. The number of benzene rings is 1. The number of anilines is 3. The fraction of sp³-hybridized carbons (Fsp3) is 0.316. The molecule has 0 saturated carbocycles. The maximum absolute atomic E-state index is 4.56. The third-order valence-corrected chi connectivity index (χ3v) is 3.69. The molecule has 3 nitrogen and oxygen atoms in total. The van der Waals surface area contributed by atoms with Gasteiger partial charge in [0.05, 0.1) is 0 Å². The third-order valence-electron chi connectivity index (χ3n) is 3.69. The van der Waals surface area contributed by atoms with Crippen molar-refractivity contribution in [2.75, 3.05) is 17.7 Å². The Hall–Kier alpha value is -2.29. The molecule has 0 aliphatic heterocycles. The van der Waals surface area contributed by atoms with Crippen molar-refractivity contribution in [1.82, 2.24) is 4.98 Å². The van der Waals surface area contributed by atoms with Crippen molar-refractivity contribution in [3.05, 3.63) is 53.7 Å². The van der Waals surface area contributed by atoms with Gasteiger partial charge in [0.25, 0.3) is 0 Å². The van der Waals surface area contributed by atoms with E-state index < -0.39 is 0 Å². The van der Waals surface area contributed by atoms with Crippen LogP contribution in [0.25, 0.3) is 5.57 Å². The molecule has 116 valence electrons. The minimum absolute atomic E-state index is 0.900. The van der Waals surface area contributed by atoms with Crippen LogP contribution < -0.4 is 10.6 Å². The molecule has 0 amide bonds. The molecular formula is C19H25N3. The molecule has 2 N–H and O–H groups in total. The second kappa shape index (κ2) is 7.64. The Morgan fingerprint density at radius 2 is 1.86 bits per heavy atom. The van der Waals surface area contributed by atoms with E-state index in [0.717, 1.165) is 35.6 Å². The highest BCUT2D eigenvalue weighted by molar-refractivity contribution is 5.85. The van der Waals surface area contributed by atoms with Gasteiger partial charge in [0.1, 0.15) is 5.82 Å². The molecule has 1 heterocycles. The molecule has 0 unspecified atom stereocenters. The van der Waals surface area contributed by atoms with Gasteiger partial charge >= 0.3 is 0 Å². The summed E-state index contributed by atoms with van der Waals surface area (Å²) in [6.45, 7) is 6.44. The molecule has 0 radical (unpaired) electrons. The highest BCUT2D eigenvalue weighted by Crippen LogP contribution is 2.33. The zero-order chi connectivity index (χ0) is 15.9. The predicted octanol–water partition coefficient (Wildman–Crippen LogP) is 5.38. The van der Waals surface area contributed by atoms with Crippen LogP contribution in [0.5, 0.6) is 0 Å². The van der Waals surface area contributed by atoms with Gasteiger partial charge < -0.3 is 10.6 Å². The van der Waals surface area contributed by atoms with E-state index in [9.17, 15) is 0 Å². The van der Waals surface area contributed by atoms with Gasteiger partial charge in [-0.15, -0.1) is 0 Å². The average Bonchev–Trinajstić information content (AvgIpc) is 2.55. The quantitative estimate of drug-likeness (QED) is 0.751. The first-order chi connectivity index (χ1) is 10.7. The van der Waals surface area contributed by atoms with E-state index in [0.29, 0.717) is 0 Å². The van der Waals surface area contributed by atoms with E-state index in [2.05, 4.69) is 66.7 Å². The molecule has 0 fully saturated rings. The SMILES string of the molecule is CC/C=C(\CC)c1c(NC)ccnc1Nc1ccc(C)cc1. The van der Waals surface area contributed by atoms with Gasteiger partial charge in [-0.2, -0.15) is 0 Å². The Bertz CT molecular complexity index is 642. The summed E-state index contributed by atoms with van der Waals surface area (Å²) in [5.74, 6) is 0.900. The molecule has 22 heavy (non-hydrogen) atoms. The minimum atomic E-state index is 0.900. The standard InChI is InChI=1S/C19H25N3/c1-5-7-15(6-2)18-17(20-4)12-13-21-19(18)22-16-10-8-14(3)9-11-16/h7-13H,5-6H2,1-4H3,(H2,20,21,22)/b15-7+. The van der Waals surface area contributed by atoms with Gasteiger partial charge in [-0.05, 0) is 43.5 Å². The van der Waals surface area contributed by atoms with Crippen LogP contribution in [0.4, 0.5) is 17.2 Å². The number of allylic oxidation sites excluding steroid dienone is 2. The number of aryl methyl sites for hydroxylation is 1. The molecule has 0 bridgehead atoms. The number of nitrogens with zero attached hydrogens (tertiary/aromatic N) is 1. The lowest BCUT2D eigenvalue weighted by molar-refractivity contribution is 1.16. The van der Waals surface area contributed by atoms with Gasteiger partial charge in [-0.25, -0.2) is 4.98 Å². The number of pyridine rings is 1. The monoisotopic (exact) mass is 295 g/mol. The summed E-state index contributed by atoms with van der Waals surface area (Å²) < 4.78 is 0. The van der Waals surface area contributed by atoms with Crippen LogP contribution in [0.3, 0.4) is 0 Å². The molecular weight excluding hydrogens is 270 g/mol. The van der Waals surface area contributed by atoms with Crippen LogP contribution >= 0.6 is 0 Å². The van der Waals surface area contributed by atoms with E-state index >= 15 is 0 Å². The molecule has 1 aromatic carbocycles. The maximum atomic E-state index is 4.56. The molecule has 2 rings (SSSR count). The van der Waals surface area contributed by atoms with Crippen molar-refractivity contribution in [3.63, 3.8) is 0 Å². The molecule has 0 atom stereocenters. The summed E-state index contributed by atoms with van der Waals surface area (Å²) in [5, 5.41) is 6.74. The van der Waals surface area contributed by atoms with E-state index in [4.69, 9.17) is 0 Å². The average molecular weight is 295 g/mol. The smallest absolute Gasteiger partial charge is 0.139 e.